The van der Waals surface area contributed by atoms with Crippen LogP contribution in [0, 0.1) is 5.92 Å². The van der Waals surface area contributed by atoms with Gasteiger partial charge in [-0.1, -0.05) is 34.1 Å². The molecule has 0 radical (unpaired) electrons. The molecule has 0 aliphatic carbocycles. The monoisotopic (exact) mass is 425 g/mol. The molecule has 3 aromatic rings. The van der Waals surface area contributed by atoms with Crippen LogP contribution >= 0.6 is 15.9 Å². The smallest absolute Gasteiger partial charge is 0.270 e. The van der Waals surface area contributed by atoms with Crippen molar-refractivity contribution in [2.45, 2.75) is 12.8 Å². The molecule has 0 bridgehead atoms. The van der Waals surface area contributed by atoms with Crippen molar-refractivity contribution in [3.8, 4) is 0 Å². The van der Waals surface area contributed by atoms with E-state index in [1.807, 2.05) is 54.6 Å². The van der Waals surface area contributed by atoms with Crippen molar-refractivity contribution in [2.75, 3.05) is 18.4 Å². The van der Waals surface area contributed by atoms with Gasteiger partial charge in [-0.15, -0.1) is 0 Å². The summed E-state index contributed by atoms with van der Waals surface area (Å²) in [5, 5.41) is 3.97. The minimum atomic E-state index is -0.198. The molecule has 1 aliphatic rings. The van der Waals surface area contributed by atoms with Crippen LogP contribution in [0.15, 0.2) is 59.1 Å². The summed E-state index contributed by atoms with van der Waals surface area (Å²) in [5.41, 5.74) is 2.29. The Morgan fingerprint density at radius 2 is 1.89 bits per heavy atom. The van der Waals surface area contributed by atoms with Gasteiger partial charge in [0, 0.05) is 34.2 Å². The highest BCUT2D eigenvalue weighted by atomic mass is 79.9. The molecule has 1 aromatic heterocycles. The zero-order valence-corrected chi connectivity index (χ0v) is 16.3. The van der Waals surface area contributed by atoms with Crippen LogP contribution in [-0.4, -0.2) is 34.8 Å². The summed E-state index contributed by atoms with van der Waals surface area (Å²) in [4.78, 5) is 30.5. The zero-order valence-electron chi connectivity index (χ0n) is 14.7. The number of benzene rings is 2. The van der Waals surface area contributed by atoms with E-state index in [0.717, 1.165) is 33.9 Å². The van der Waals surface area contributed by atoms with Gasteiger partial charge in [-0.05, 0) is 49.2 Å². The van der Waals surface area contributed by atoms with Gasteiger partial charge in [-0.2, -0.15) is 0 Å². The second-order valence-electron chi connectivity index (χ2n) is 6.86. The number of aromatic amines is 1. The van der Waals surface area contributed by atoms with E-state index in [0.29, 0.717) is 18.8 Å². The molecule has 2 aromatic carbocycles. The normalized spacial score (nSPS) is 17.1. The molecule has 138 valence electrons. The Hall–Kier alpha value is -2.60. The summed E-state index contributed by atoms with van der Waals surface area (Å²) in [5.74, 6) is -0.283. The molecule has 2 amide bonds. The number of likely N-dealkylation sites (tertiary alicyclic amines) is 1. The number of hydrogen-bond acceptors (Lipinski definition) is 2. The second-order valence-corrected chi connectivity index (χ2v) is 7.77. The summed E-state index contributed by atoms with van der Waals surface area (Å²) < 4.78 is 0.966. The fourth-order valence-corrected chi connectivity index (χ4v) is 3.78. The van der Waals surface area contributed by atoms with Crippen LogP contribution < -0.4 is 5.32 Å². The minimum Gasteiger partial charge on any atom is -0.351 e. The van der Waals surface area contributed by atoms with Crippen molar-refractivity contribution in [3.05, 3.63) is 64.8 Å². The Kier molecular flexibility index (Phi) is 4.99. The molecule has 1 atom stereocenters. The molecular formula is C21H20BrN3O2. The lowest BCUT2D eigenvalue weighted by Gasteiger charge is -2.31. The number of hydrogen-bond donors (Lipinski definition) is 2. The number of para-hydroxylation sites is 1. The van der Waals surface area contributed by atoms with Gasteiger partial charge in [-0.3, -0.25) is 9.59 Å². The third-order valence-corrected chi connectivity index (χ3v) is 5.48. The molecule has 1 aliphatic heterocycles. The number of H-pyrrole nitrogens is 1. The predicted octanol–water partition coefficient (Wildman–Crippen LogP) is 4.42. The Bertz CT molecular complexity index is 948. The average molecular weight is 426 g/mol. The molecule has 5 nitrogen and oxygen atoms in total. The molecule has 0 spiro atoms. The molecule has 2 heterocycles. The van der Waals surface area contributed by atoms with Crippen molar-refractivity contribution in [2.24, 2.45) is 5.92 Å². The molecule has 27 heavy (non-hydrogen) atoms. The van der Waals surface area contributed by atoms with Gasteiger partial charge < -0.3 is 15.2 Å². The van der Waals surface area contributed by atoms with Crippen molar-refractivity contribution < 1.29 is 9.59 Å². The maximum atomic E-state index is 12.9. The van der Waals surface area contributed by atoms with Crippen molar-refractivity contribution >= 4 is 44.3 Å². The lowest BCUT2D eigenvalue weighted by molar-refractivity contribution is -0.121. The number of anilines is 1. The van der Waals surface area contributed by atoms with E-state index in [-0.39, 0.29) is 17.7 Å². The topological polar surface area (TPSA) is 65.2 Å². The first kappa shape index (κ1) is 17.8. The Labute approximate surface area is 165 Å². The average Bonchev–Trinajstić information content (AvgIpc) is 3.13. The van der Waals surface area contributed by atoms with E-state index in [4.69, 9.17) is 0 Å². The molecule has 0 saturated carbocycles. The fraction of sp³-hybridized carbons (Fsp3) is 0.238. The van der Waals surface area contributed by atoms with E-state index in [2.05, 4.69) is 26.2 Å². The first-order valence-corrected chi connectivity index (χ1v) is 9.83. The molecule has 6 heteroatoms. The molecule has 1 fully saturated rings. The highest BCUT2D eigenvalue weighted by molar-refractivity contribution is 9.10. The number of nitrogens with zero attached hydrogens (tertiary/aromatic N) is 1. The molecular weight excluding hydrogens is 406 g/mol. The lowest BCUT2D eigenvalue weighted by Crippen LogP contribution is -2.43. The molecule has 1 saturated heterocycles. The molecule has 2 N–H and O–H groups in total. The van der Waals surface area contributed by atoms with Gasteiger partial charge in [0.15, 0.2) is 0 Å². The number of nitrogens with one attached hydrogen (secondary N) is 2. The third kappa shape index (κ3) is 3.90. The maximum absolute atomic E-state index is 12.9. The SMILES string of the molecule is O=C(Nc1ccc(Br)cc1)[C@@H]1CCCN(C(=O)c2cc3ccccc3[nH]2)C1. The predicted molar refractivity (Wildman–Crippen MR) is 110 cm³/mol. The number of aromatic nitrogens is 1. The van der Waals surface area contributed by atoms with Crippen LogP contribution in [0.5, 0.6) is 0 Å². The van der Waals surface area contributed by atoms with Gasteiger partial charge in [0.25, 0.3) is 5.91 Å². The number of rotatable bonds is 3. The van der Waals surface area contributed by atoms with E-state index >= 15 is 0 Å². The van der Waals surface area contributed by atoms with Crippen LogP contribution in [0.4, 0.5) is 5.69 Å². The van der Waals surface area contributed by atoms with Crippen molar-refractivity contribution in [1.29, 1.82) is 0 Å². The summed E-state index contributed by atoms with van der Waals surface area (Å²) in [6, 6.07) is 17.2. The van der Waals surface area contributed by atoms with Crippen LogP contribution in [0.2, 0.25) is 0 Å². The summed E-state index contributed by atoms with van der Waals surface area (Å²) >= 11 is 3.39. The van der Waals surface area contributed by atoms with Gasteiger partial charge in [0.2, 0.25) is 5.91 Å². The first-order valence-electron chi connectivity index (χ1n) is 9.03. The Morgan fingerprint density at radius 1 is 1.11 bits per heavy atom. The quantitative estimate of drug-likeness (QED) is 0.651. The maximum Gasteiger partial charge on any atom is 0.270 e. The summed E-state index contributed by atoms with van der Waals surface area (Å²) in [6.45, 7) is 1.12. The van der Waals surface area contributed by atoms with E-state index in [9.17, 15) is 9.59 Å². The van der Waals surface area contributed by atoms with Crippen LogP contribution in [0.25, 0.3) is 10.9 Å². The number of piperidine rings is 1. The third-order valence-electron chi connectivity index (χ3n) is 4.95. The number of halogens is 1. The molecule has 0 unspecified atom stereocenters. The van der Waals surface area contributed by atoms with E-state index in [1.165, 1.54) is 0 Å². The Morgan fingerprint density at radius 3 is 2.67 bits per heavy atom. The number of amides is 2. The van der Waals surface area contributed by atoms with Gasteiger partial charge in [-0.25, -0.2) is 0 Å². The zero-order chi connectivity index (χ0) is 18.8. The Balaban J connectivity index is 1.44. The number of carbonyl (C=O) groups is 2. The van der Waals surface area contributed by atoms with E-state index < -0.39 is 0 Å². The van der Waals surface area contributed by atoms with Crippen LogP contribution in [0.1, 0.15) is 23.3 Å². The van der Waals surface area contributed by atoms with Crippen LogP contribution in [0.3, 0.4) is 0 Å². The summed E-state index contributed by atoms with van der Waals surface area (Å²) in [6.07, 6.45) is 1.61. The highest BCUT2D eigenvalue weighted by Crippen LogP contribution is 2.23. The number of carbonyl (C=O) groups excluding carboxylic acids is 2. The van der Waals surface area contributed by atoms with E-state index in [1.54, 1.807) is 4.90 Å². The first-order chi connectivity index (χ1) is 13.1. The lowest BCUT2D eigenvalue weighted by atomic mass is 9.96. The summed E-state index contributed by atoms with van der Waals surface area (Å²) in [7, 11) is 0. The minimum absolute atomic E-state index is 0.0357. The standard InChI is InChI=1S/C21H20BrN3O2/c22-16-7-9-17(10-8-16)23-20(26)15-5-3-11-25(13-15)21(27)19-12-14-4-1-2-6-18(14)24-19/h1-2,4,6-10,12,15,24H,3,5,11,13H2,(H,23,26)/t15-/m1/s1. The van der Waals surface area contributed by atoms with Crippen molar-refractivity contribution in [1.82, 2.24) is 9.88 Å². The van der Waals surface area contributed by atoms with Gasteiger partial charge >= 0.3 is 0 Å². The van der Waals surface area contributed by atoms with Gasteiger partial charge in [0.1, 0.15) is 5.69 Å². The highest BCUT2D eigenvalue weighted by Gasteiger charge is 2.29. The van der Waals surface area contributed by atoms with Gasteiger partial charge in [0.05, 0.1) is 5.92 Å². The number of fused-ring (bicyclic) bond motifs is 1. The largest absolute Gasteiger partial charge is 0.351 e. The second kappa shape index (κ2) is 7.56. The fourth-order valence-electron chi connectivity index (χ4n) is 3.51. The van der Waals surface area contributed by atoms with Crippen LogP contribution in [-0.2, 0) is 4.79 Å². The molecule has 4 rings (SSSR count). The van der Waals surface area contributed by atoms with Crippen molar-refractivity contribution in [3.63, 3.8) is 0 Å².